The van der Waals surface area contributed by atoms with E-state index in [9.17, 15) is 18.0 Å². The number of benzene rings is 2. The van der Waals surface area contributed by atoms with Crippen LogP contribution in [0.4, 0.5) is 0 Å². The molecule has 0 aliphatic rings. The smallest absolute Gasteiger partial charge is 0.335 e. The summed E-state index contributed by atoms with van der Waals surface area (Å²) in [7, 11) is -4.00. The first-order valence-corrected chi connectivity index (χ1v) is 12.6. The van der Waals surface area contributed by atoms with Crippen LogP contribution >= 0.6 is 0 Å². The van der Waals surface area contributed by atoms with Crippen molar-refractivity contribution in [1.29, 1.82) is 0 Å². The lowest BCUT2D eigenvalue weighted by molar-refractivity contribution is -0.137. The fourth-order valence-electron chi connectivity index (χ4n) is 2.76. The summed E-state index contributed by atoms with van der Waals surface area (Å²) in [4.78, 5) is 20.3. The van der Waals surface area contributed by atoms with E-state index in [1.54, 1.807) is 48.5 Å². The molecule has 2 aromatic rings. The van der Waals surface area contributed by atoms with Crippen molar-refractivity contribution in [3.8, 4) is 0 Å². The third kappa shape index (κ3) is 18.6. The molecule has 0 heterocycles. The summed E-state index contributed by atoms with van der Waals surface area (Å²) < 4.78 is 29.2. The summed E-state index contributed by atoms with van der Waals surface area (Å²) >= 11 is 0. The number of carboxylic acid groups (broad SMARTS) is 2. The van der Waals surface area contributed by atoms with E-state index in [1.807, 2.05) is 0 Å². The van der Waals surface area contributed by atoms with Crippen LogP contribution in [0.25, 0.3) is 0 Å². The summed E-state index contributed by atoms with van der Waals surface area (Å²) in [5.74, 6) is -1.54. The van der Waals surface area contributed by atoms with E-state index in [1.165, 1.54) is 57.1 Å². The molecule has 7 nitrogen and oxygen atoms in total. The van der Waals surface area contributed by atoms with Gasteiger partial charge in [0, 0.05) is 6.42 Å². The van der Waals surface area contributed by atoms with Crippen molar-refractivity contribution in [2.75, 3.05) is 0 Å². The average molecular weight is 481 g/mol. The molecule has 0 atom stereocenters. The van der Waals surface area contributed by atoms with Gasteiger partial charge in [-0.25, -0.2) is 4.79 Å². The van der Waals surface area contributed by atoms with E-state index >= 15 is 0 Å². The van der Waals surface area contributed by atoms with Crippen LogP contribution < -0.4 is 0 Å². The Morgan fingerprint density at radius 3 is 1.45 bits per heavy atom. The molecule has 8 heteroatoms. The van der Waals surface area contributed by atoms with E-state index in [-0.39, 0.29) is 4.90 Å². The number of unbranched alkanes of at least 4 members (excludes halogenated alkanes) is 8. The summed E-state index contributed by atoms with van der Waals surface area (Å²) in [6.45, 7) is 2.23. The molecular weight excluding hydrogens is 444 g/mol. The lowest BCUT2D eigenvalue weighted by Gasteiger charge is -2.00. The summed E-state index contributed by atoms with van der Waals surface area (Å²) in [5.41, 5.74) is 0.331. The largest absolute Gasteiger partial charge is 0.481 e. The Morgan fingerprint density at radius 2 is 1.12 bits per heavy atom. The minimum atomic E-state index is -4.00. The fraction of sp³-hybridized carbons (Fsp3) is 0.440. The summed E-state index contributed by atoms with van der Waals surface area (Å²) in [6.07, 6.45) is 11.5. The molecule has 3 N–H and O–H groups in total. The maximum absolute atomic E-state index is 10.4. The Balaban J connectivity index is 0.000000478. The minimum absolute atomic E-state index is 0.0741. The molecule has 0 saturated carbocycles. The van der Waals surface area contributed by atoms with Crippen molar-refractivity contribution in [3.63, 3.8) is 0 Å². The van der Waals surface area contributed by atoms with Crippen molar-refractivity contribution in [1.82, 2.24) is 0 Å². The SMILES string of the molecule is CCCCCCCCCCCC(=O)O.O=C(O)c1ccccc1.O=S(=O)(O)c1ccccc1. The third-order valence-electron chi connectivity index (χ3n) is 4.56. The number of carbonyl (C=O) groups is 2. The molecule has 0 unspecified atom stereocenters. The van der Waals surface area contributed by atoms with E-state index in [0.29, 0.717) is 12.0 Å². The van der Waals surface area contributed by atoms with Gasteiger partial charge < -0.3 is 10.2 Å². The highest BCUT2D eigenvalue weighted by atomic mass is 32.2. The van der Waals surface area contributed by atoms with Crippen LogP contribution in [0.15, 0.2) is 65.6 Å². The molecule has 0 fully saturated rings. The number of hydrogen-bond acceptors (Lipinski definition) is 4. The molecule has 0 aromatic heterocycles. The van der Waals surface area contributed by atoms with Crippen molar-refractivity contribution >= 4 is 22.1 Å². The molecule has 0 spiro atoms. The normalized spacial score (nSPS) is 10.2. The highest BCUT2D eigenvalue weighted by molar-refractivity contribution is 7.85. The first kappa shape index (κ1) is 30.3. The number of carboxylic acids is 2. The molecule has 0 amide bonds. The Hall–Kier alpha value is -2.71. The van der Waals surface area contributed by atoms with Gasteiger partial charge in [0.15, 0.2) is 0 Å². The van der Waals surface area contributed by atoms with Gasteiger partial charge in [-0.15, -0.1) is 0 Å². The second-order valence-corrected chi connectivity index (χ2v) is 8.85. The summed E-state index contributed by atoms with van der Waals surface area (Å²) in [5, 5.41) is 16.8. The van der Waals surface area contributed by atoms with Crippen LogP contribution in [0.3, 0.4) is 0 Å². The Labute approximate surface area is 197 Å². The van der Waals surface area contributed by atoms with Crippen LogP contribution in [0.2, 0.25) is 0 Å². The van der Waals surface area contributed by atoms with Gasteiger partial charge in [0.25, 0.3) is 10.1 Å². The predicted octanol–water partition coefficient (Wildman–Crippen LogP) is 6.31. The predicted molar refractivity (Wildman–Crippen MR) is 129 cm³/mol. The van der Waals surface area contributed by atoms with Gasteiger partial charge in [0.1, 0.15) is 0 Å². The van der Waals surface area contributed by atoms with Crippen molar-refractivity contribution in [3.05, 3.63) is 66.2 Å². The van der Waals surface area contributed by atoms with E-state index < -0.39 is 22.1 Å². The molecule has 0 aliphatic heterocycles. The van der Waals surface area contributed by atoms with Crippen LogP contribution in [0.1, 0.15) is 81.5 Å². The number of rotatable bonds is 12. The molecule has 2 aromatic carbocycles. The molecule has 33 heavy (non-hydrogen) atoms. The summed E-state index contributed by atoms with van der Waals surface area (Å²) in [6, 6.07) is 15.7. The van der Waals surface area contributed by atoms with E-state index in [4.69, 9.17) is 14.8 Å². The van der Waals surface area contributed by atoms with Gasteiger partial charge in [-0.3, -0.25) is 9.35 Å². The van der Waals surface area contributed by atoms with E-state index in [2.05, 4.69) is 6.92 Å². The third-order valence-corrected chi connectivity index (χ3v) is 5.42. The molecule has 0 radical (unpaired) electrons. The van der Waals surface area contributed by atoms with Gasteiger partial charge in [-0.2, -0.15) is 8.42 Å². The zero-order valence-corrected chi connectivity index (χ0v) is 20.0. The maximum atomic E-state index is 10.4. The molecule has 2 rings (SSSR count). The number of aliphatic carboxylic acids is 1. The lowest BCUT2D eigenvalue weighted by atomic mass is 10.1. The first-order valence-electron chi connectivity index (χ1n) is 11.2. The van der Waals surface area contributed by atoms with Gasteiger partial charge in [0.05, 0.1) is 10.5 Å². The fourth-order valence-corrected chi connectivity index (χ4v) is 3.26. The van der Waals surface area contributed by atoms with Gasteiger partial charge in [0.2, 0.25) is 0 Å². The molecule has 0 bridgehead atoms. The minimum Gasteiger partial charge on any atom is -0.481 e. The Kier molecular flexibility index (Phi) is 17.3. The monoisotopic (exact) mass is 480 g/mol. The highest BCUT2D eigenvalue weighted by Gasteiger charge is 2.05. The van der Waals surface area contributed by atoms with Crippen molar-refractivity contribution < 1.29 is 32.8 Å². The second-order valence-electron chi connectivity index (χ2n) is 7.43. The van der Waals surface area contributed by atoms with Crippen LogP contribution in [-0.2, 0) is 14.9 Å². The van der Waals surface area contributed by atoms with Crippen molar-refractivity contribution in [2.24, 2.45) is 0 Å². The standard InChI is InChI=1S/C12H24O2.C7H6O2.C6H6O3S/c1-2-3-4-5-6-7-8-9-10-11-12(13)14;8-7(9)6-4-2-1-3-5-6;7-10(8,9)6-4-2-1-3-5-6/h2-11H2,1H3,(H,13,14);1-5H,(H,8,9);1-5H,(H,7,8,9). The Morgan fingerprint density at radius 1 is 0.697 bits per heavy atom. The average Bonchev–Trinajstić information content (AvgIpc) is 2.79. The first-order chi connectivity index (χ1) is 15.7. The van der Waals surface area contributed by atoms with Gasteiger partial charge >= 0.3 is 11.9 Å². The van der Waals surface area contributed by atoms with Crippen LogP contribution in [0, 0.1) is 0 Å². The number of aromatic carboxylic acids is 1. The van der Waals surface area contributed by atoms with Gasteiger partial charge in [-0.05, 0) is 30.7 Å². The number of hydrogen-bond donors (Lipinski definition) is 3. The second kappa shape index (κ2) is 18.8. The van der Waals surface area contributed by atoms with Crippen LogP contribution in [-0.4, -0.2) is 35.1 Å². The molecule has 184 valence electrons. The molecule has 0 aliphatic carbocycles. The van der Waals surface area contributed by atoms with Crippen molar-refractivity contribution in [2.45, 2.75) is 76.0 Å². The van der Waals surface area contributed by atoms with E-state index in [0.717, 1.165) is 12.8 Å². The van der Waals surface area contributed by atoms with Crippen LogP contribution in [0.5, 0.6) is 0 Å². The van der Waals surface area contributed by atoms with Gasteiger partial charge in [-0.1, -0.05) is 94.7 Å². The molecular formula is C25H36O7S. The highest BCUT2D eigenvalue weighted by Crippen LogP contribution is 2.10. The zero-order valence-electron chi connectivity index (χ0n) is 19.2. The zero-order chi connectivity index (χ0) is 25.0. The quantitative estimate of drug-likeness (QED) is 0.240. The lowest BCUT2D eigenvalue weighted by Crippen LogP contribution is -1.96. The molecule has 0 saturated heterocycles. The topological polar surface area (TPSA) is 129 Å². The maximum Gasteiger partial charge on any atom is 0.335 e. The Bertz CT molecular complexity index is 866.